The summed E-state index contributed by atoms with van der Waals surface area (Å²) in [6, 6.07) is 22.9. The zero-order chi connectivity index (χ0) is 26.1. The number of nitrogens with zero attached hydrogens (tertiary/aromatic N) is 1. The molecule has 190 valence electrons. The van der Waals surface area contributed by atoms with Crippen molar-refractivity contribution in [2.24, 2.45) is 0 Å². The molecule has 0 fully saturated rings. The number of carbonyl (C=O) groups excluding carboxylic acids is 2. The Morgan fingerprint density at radius 3 is 2.22 bits per heavy atom. The van der Waals surface area contributed by atoms with E-state index in [4.69, 9.17) is 4.74 Å². The summed E-state index contributed by atoms with van der Waals surface area (Å²) in [5, 5.41) is 5.74. The zero-order valence-electron chi connectivity index (χ0n) is 20.6. The first-order valence-electron chi connectivity index (χ1n) is 11.6. The molecule has 0 aliphatic heterocycles. The number of benzene rings is 3. The Morgan fingerprint density at radius 2 is 1.58 bits per heavy atom. The fourth-order valence-electron chi connectivity index (χ4n) is 3.72. The molecule has 8 nitrogen and oxygen atoms in total. The third-order valence-corrected chi connectivity index (χ3v) is 6.81. The molecule has 0 aliphatic carbocycles. The number of rotatable bonds is 11. The van der Waals surface area contributed by atoms with Crippen LogP contribution < -0.4 is 19.7 Å². The van der Waals surface area contributed by atoms with Gasteiger partial charge in [-0.05, 0) is 55.3 Å². The van der Waals surface area contributed by atoms with Crippen molar-refractivity contribution in [3.8, 4) is 5.75 Å². The van der Waals surface area contributed by atoms with Crippen LogP contribution in [0.3, 0.4) is 0 Å². The first-order valence-corrected chi connectivity index (χ1v) is 13.4. The number of amides is 2. The van der Waals surface area contributed by atoms with E-state index in [-0.39, 0.29) is 30.8 Å². The van der Waals surface area contributed by atoms with Crippen LogP contribution in [0.1, 0.15) is 41.7 Å². The van der Waals surface area contributed by atoms with E-state index in [9.17, 15) is 18.0 Å². The first kappa shape index (κ1) is 26.7. The summed E-state index contributed by atoms with van der Waals surface area (Å²) in [7, 11) is -2.00. The average Bonchev–Trinajstić information content (AvgIpc) is 2.87. The van der Waals surface area contributed by atoms with Crippen LogP contribution in [-0.4, -0.2) is 40.1 Å². The number of anilines is 2. The summed E-state index contributed by atoms with van der Waals surface area (Å²) in [5.41, 5.74) is 2.22. The molecule has 2 amide bonds. The maximum Gasteiger partial charge on any atom is 0.253 e. The molecule has 3 rings (SSSR count). The number of methoxy groups -OCH3 is 1. The molecule has 0 unspecified atom stereocenters. The molecule has 36 heavy (non-hydrogen) atoms. The minimum Gasteiger partial charge on any atom is -0.497 e. The fourth-order valence-corrected chi connectivity index (χ4v) is 4.69. The highest BCUT2D eigenvalue weighted by atomic mass is 32.2. The number of nitrogens with one attached hydrogen (secondary N) is 2. The van der Waals surface area contributed by atoms with Crippen LogP contribution in [0.5, 0.6) is 5.75 Å². The van der Waals surface area contributed by atoms with Gasteiger partial charge in [0.2, 0.25) is 15.9 Å². The van der Waals surface area contributed by atoms with Crippen molar-refractivity contribution in [3.05, 3.63) is 90.0 Å². The summed E-state index contributed by atoms with van der Waals surface area (Å²) >= 11 is 0. The Hall–Kier alpha value is -3.85. The molecule has 0 aliphatic rings. The van der Waals surface area contributed by atoms with Gasteiger partial charge in [0.15, 0.2) is 0 Å². The van der Waals surface area contributed by atoms with Crippen LogP contribution >= 0.6 is 0 Å². The number of sulfonamides is 1. The van der Waals surface area contributed by atoms with Gasteiger partial charge in [0.25, 0.3) is 5.91 Å². The Balaban J connectivity index is 1.61. The number of carbonyl (C=O) groups is 2. The molecule has 0 saturated carbocycles. The third-order valence-electron chi connectivity index (χ3n) is 5.62. The van der Waals surface area contributed by atoms with Crippen LogP contribution in [0.2, 0.25) is 0 Å². The van der Waals surface area contributed by atoms with Crippen LogP contribution in [-0.2, 0) is 14.8 Å². The van der Waals surface area contributed by atoms with Gasteiger partial charge in [0, 0.05) is 13.0 Å². The second kappa shape index (κ2) is 12.2. The topological polar surface area (TPSA) is 105 Å². The molecule has 2 N–H and O–H groups in total. The van der Waals surface area contributed by atoms with E-state index >= 15 is 0 Å². The van der Waals surface area contributed by atoms with Crippen molar-refractivity contribution < 1.29 is 22.7 Å². The van der Waals surface area contributed by atoms with Gasteiger partial charge in [0.05, 0.1) is 36.3 Å². The number of para-hydroxylation sites is 1. The average molecular weight is 510 g/mol. The first-order chi connectivity index (χ1) is 17.2. The summed E-state index contributed by atoms with van der Waals surface area (Å²) in [4.78, 5) is 25.6. The predicted molar refractivity (Wildman–Crippen MR) is 142 cm³/mol. The van der Waals surface area contributed by atoms with E-state index < -0.39 is 10.0 Å². The van der Waals surface area contributed by atoms with Gasteiger partial charge in [-0.1, -0.05) is 42.5 Å². The van der Waals surface area contributed by atoms with Crippen molar-refractivity contribution in [1.82, 2.24) is 5.32 Å². The fraction of sp³-hybridized carbons (Fsp3) is 0.259. The molecule has 9 heteroatoms. The highest BCUT2D eigenvalue weighted by Crippen LogP contribution is 2.22. The summed E-state index contributed by atoms with van der Waals surface area (Å²) < 4.78 is 31.0. The van der Waals surface area contributed by atoms with Crippen molar-refractivity contribution in [1.29, 1.82) is 0 Å². The lowest BCUT2D eigenvalue weighted by Crippen LogP contribution is -2.31. The molecule has 0 bridgehead atoms. The Kier molecular flexibility index (Phi) is 9.08. The normalized spacial score (nSPS) is 11.9. The lowest BCUT2D eigenvalue weighted by Gasteiger charge is -2.22. The largest absolute Gasteiger partial charge is 0.497 e. The molecule has 0 heterocycles. The van der Waals surface area contributed by atoms with Crippen LogP contribution in [0, 0.1) is 0 Å². The minimum absolute atomic E-state index is 0.0819. The Labute approximate surface area is 212 Å². The second-order valence-electron chi connectivity index (χ2n) is 8.34. The van der Waals surface area contributed by atoms with Gasteiger partial charge in [-0.15, -0.1) is 0 Å². The summed E-state index contributed by atoms with van der Waals surface area (Å²) in [5.74, 6) is 0.00648. The van der Waals surface area contributed by atoms with Crippen molar-refractivity contribution >= 4 is 33.2 Å². The smallest absolute Gasteiger partial charge is 0.253 e. The number of hydrogen-bond donors (Lipinski definition) is 2. The van der Waals surface area contributed by atoms with Gasteiger partial charge in [0.1, 0.15) is 5.75 Å². The summed E-state index contributed by atoms with van der Waals surface area (Å²) in [6.07, 6.45) is 1.51. The molecule has 0 aromatic heterocycles. The lowest BCUT2D eigenvalue weighted by molar-refractivity contribution is -0.116. The number of ether oxygens (including phenoxy) is 1. The molecule has 3 aromatic rings. The standard InChI is InChI=1S/C27H31N3O5S/c1-20(21-10-5-4-6-11-21)28-27(32)24-12-7-8-13-25(24)29-26(31)14-9-19-30(36(3,33)34)22-15-17-23(35-2)18-16-22/h4-8,10-13,15-18,20H,9,14,19H2,1-3H3,(H,28,32)(H,29,31)/t20-/m1/s1. The van der Waals surface area contributed by atoms with Crippen LogP contribution in [0.25, 0.3) is 0 Å². The van der Waals surface area contributed by atoms with Crippen molar-refractivity contribution in [2.75, 3.05) is 29.5 Å². The van der Waals surface area contributed by atoms with Gasteiger partial charge in [-0.2, -0.15) is 0 Å². The Bertz CT molecular complexity index is 1280. The Morgan fingerprint density at radius 1 is 0.944 bits per heavy atom. The molecule has 1 atom stereocenters. The van der Waals surface area contributed by atoms with Gasteiger partial charge >= 0.3 is 0 Å². The maximum absolute atomic E-state index is 12.9. The molecule has 0 spiro atoms. The highest BCUT2D eigenvalue weighted by Gasteiger charge is 2.19. The molecular formula is C27H31N3O5S. The van der Waals surface area contributed by atoms with Crippen LogP contribution in [0.4, 0.5) is 11.4 Å². The van der Waals surface area contributed by atoms with Gasteiger partial charge in [-0.25, -0.2) is 8.42 Å². The molecule has 0 saturated heterocycles. The molecule has 0 radical (unpaired) electrons. The van der Waals surface area contributed by atoms with E-state index in [1.165, 1.54) is 11.4 Å². The van der Waals surface area contributed by atoms with E-state index in [0.717, 1.165) is 11.8 Å². The highest BCUT2D eigenvalue weighted by molar-refractivity contribution is 7.92. The van der Waals surface area contributed by atoms with Gasteiger partial charge < -0.3 is 15.4 Å². The zero-order valence-corrected chi connectivity index (χ0v) is 21.4. The van der Waals surface area contributed by atoms with E-state index in [2.05, 4.69) is 10.6 Å². The second-order valence-corrected chi connectivity index (χ2v) is 10.2. The minimum atomic E-state index is -3.54. The van der Waals surface area contributed by atoms with Gasteiger partial charge in [-0.3, -0.25) is 13.9 Å². The predicted octanol–water partition coefficient (Wildman–Crippen LogP) is 4.37. The van der Waals surface area contributed by atoms with E-state index in [0.29, 0.717) is 29.1 Å². The quantitative estimate of drug-likeness (QED) is 0.399. The van der Waals surface area contributed by atoms with E-state index in [1.807, 2.05) is 37.3 Å². The van der Waals surface area contributed by atoms with Crippen molar-refractivity contribution in [3.63, 3.8) is 0 Å². The monoisotopic (exact) mass is 509 g/mol. The summed E-state index contributed by atoms with van der Waals surface area (Å²) in [6.45, 7) is 2.03. The maximum atomic E-state index is 12.9. The number of hydrogen-bond acceptors (Lipinski definition) is 5. The van der Waals surface area contributed by atoms with Crippen molar-refractivity contribution in [2.45, 2.75) is 25.8 Å². The third kappa shape index (κ3) is 7.32. The lowest BCUT2D eigenvalue weighted by atomic mass is 10.1. The van der Waals surface area contributed by atoms with Crippen LogP contribution in [0.15, 0.2) is 78.9 Å². The molecule has 3 aromatic carbocycles. The SMILES string of the molecule is COc1ccc(N(CCCC(=O)Nc2ccccc2C(=O)N[C@H](C)c2ccccc2)S(C)(=O)=O)cc1. The van der Waals surface area contributed by atoms with E-state index in [1.54, 1.807) is 48.5 Å². The molecular weight excluding hydrogens is 478 g/mol.